The monoisotopic (exact) mass is 571 g/mol. The minimum absolute atomic E-state index is 0.0439. The first-order valence-corrected chi connectivity index (χ1v) is 15.4. The molecule has 0 aromatic heterocycles. The summed E-state index contributed by atoms with van der Waals surface area (Å²) in [5.74, 6) is 0.237. The molecule has 41 heavy (non-hydrogen) atoms. The number of hydrogen-bond donors (Lipinski definition) is 2. The summed E-state index contributed by atoms with van der Waals surface area (Å²) in [6, 6.07) is 8.76. The van der Waals surface area contributed by atoms with Gasteiger partial charge >= 0.3 is 0 Å². The van der Waals surface area contributed by atoms with Gasteiger partial charge in [0, 0.05) is 39.4 Å². The van der Waals surface area contributed by atoms with Gasteiger partial charge in [0.15, 0.2) is 0 Å². The molecule has 0 radical (unpaired) electrons. The van der Waals surface area contributed by atoms with Gasteiger partial charge in [0.25, 0.3) is 0 Å². The van der Waals surface area contributed by atoms with Crippen molar-refractivity contribution in [3.63, 3.8) is 0 Å². The lowest BCUT2D eigenvalue weighted by Crippen LogP contribution is -2.52. The molecule has 0 spiro atoms. The zero-order chi connectivity index (χ0) is 30.3. The van der Waals surface area contributed by atoms with E-state index in [9.17, 15) is 14.7 Å². The Kier molecular flexibility index (Phi) is 12.2. The van der Waals surface area contributed by atoms with E-state index in [1.54, 1.807) is 21.1 Å². The average Bonchev–Trinajstić information content (AvgIpc) is 3.56. The van der Waals surface area contributed by atoms with E-state index in [-0.39, 0.29) is 30.0 Å². The summed E-state index contributed by atoms with van der Waals surface area (Å²) in [4.78, 5) is 31.3. The van der Waals surface area contributed by atoms with Gasteiger partial charge in [-0.2, -0.15) is 0 Å². The summed E-state index contributed by atoms with van der Waals surface area (Å²) in [7, 11) is 5.44. The van der Waals surface area contributed by atoms with Crippen molar-refractivity contribution in [2.24, 2.45) is 17.8 Å². The van der Waals surface area contributed by atoms with Crippen molar-refractivity contribution >= 4 is 11.8 Å². The van der Waals surface area contributed by atoms with Crippen LogP contribution in [0.4, 0.5) is 0 Å². The highest BCUT2D eigenvalue weighted by Crippen LogP contribution is 2.36. The highest BCUT2D eigenvalue weighted by Gasteiger charge is 2.43. The molecule has 2 aliphatic rings. The summed E-state index contributed by atoms with van der Waals surface area (Å²) < 4.78 is 11.9. The number of aliphatic hydroxyl groups is 1. The smallest absolute Gasteiger partial charge is 0.225 e. The van der Waals surface area contributed by atoms with Crippen LogP contribution in [0.2, 0.25) is 0 Å². The van der Waals surface area contributed by atoms with Crippen molar-refractivity contribution in [2.75, 3.05) is 27.8 Å². The highest BCUT2D eigenvalue weighted by molar-refractivity contribution is 5.80. The Hall–Kier alpha value is -2.42. The predicted octanol–water partition coefficient (Wildman–Crippen LogP) is 4.54. The van der Waals surface area contributed by atoms with E-state index in [2.05, 4.69) is 44.1 Å². The van der Waals surface area contributed by atoms with Gasteiger partial charge in [-0.15, -0.1) is 0 Å². The molecule has 2 heterocycles. The Morgan fingerprint density at radius 3 is 2.37 bits per heavy atom. The fraction of sp³-hybridized carbons (Fsp3) is 0.697. The van der Waals surface area contributed by atoms with Crippen LogP contribution >= 0.6 is 0 Å². The quantitative estimate of drug-likeness (QED) is 0.341. The van der Waals surface area contributed by atoms with E-state index >= 15 is 0 Å². The lowest BCUT2D eigenvalue weighted by Gasteiger charge is -2.37. The first-order valence-electron chi connectivity index (χ1n) is 15.4. The lowest BCUT2D eigenvalue weighted by atomic mass is 9.91. The van der Waals surface area contributed by atoms with Crippen LogP contribution in [0.1, 0.15) is 78.4 Å². The number of benzene rings is 1. The maximum absolute atomic E-state index is 13.8. The van der Waals surface area contributed by atoms with E-state index in [4.69, 9.17) is 9.47 Å². The normalized spacial score (nSPS) is 24.6. The molecule has 0 bridgehead atoms. The molecule has 2 amide bonds. The molecule has 8 atom stereocenters. The molecule has 0 unspecified atom stereocenters. The van der Waals surface area contributed by atoms with E-state index in [0.29, 0.717) is 24.8 Å². The lowest BCUT2D eigenvalue weighted by molar-refractivity contribution is -0.143. The van der Waals surface area contributed by atoms with Gasteiger partial charge in [-0.25, -0.2) is 0 Å². The molecule has 0 aliphatic carbocycles. The molecule has 1 aromatic rings. The van der Waals surface area contributed by atoms with Crippen molar-refractivity contribution in [3.8, 4) is 0 Å². The van der Waals surface area contributed by atoms with Crippen molar-refractivity contribution in [3.05, 3.63) is 47.7 Å². The van der Waals surface area contributed by atoms with Gasteiger partial charge in [-0.1, -0.05) is 64.1 Å². The van der Waals surface area contributed by atoms with Crippen LogP contribution in [-0.4, -0.2) is 84.9 Å². The predicted molar refractivity (Wildman–Crippen MR) is 162 cm³/mol. The van der Waals surface area contributed by atoms with Crippen LogP contribution in [0, 0.1) is 17.8 Å². The van der Waals surface area contributed by atoms with Crippen LogP contribution in [0.25, 0.3) is 0 Å². The number of nitrogens with one attached hydrogen (secondary N) is 1. The number of allylic oxidation sites excluding steroid dienone is 1. The van der Waals surface area contributed by atoms with Crippen LogP contribution in [0.15, 0.2) is 42.1 Å². The third-order valence-corrected chi connectivity index (χ3v) is 9.06. The number of likely N-dealkylation sites (tertiary alicyclic amines) is 1. The number of methoxy groups -OCH3 is 2. The minimum Gasteiger partial charge on any atom is -0.386 e. The van der Waals surface area contributed by atoms with E-state index < -0.39 is 24.2 Å². The zero-order valence-electron chi connectivity index (χ0n) is 26.4. The Bertz CT molecular complexity index is 1020. The second kappa shape index (κ2) is 15.2. The minimum atomic E-state index is -0.819. The largest absolute Gasteiger partial charge is 0.386 e. The topological polar surface area (TPSA) is 91.3 Å². The third kappa shape index (κ3) is 7.90. The average molecular weight is 572 g/mol. The molecular weight excluding hydrogens is 518 g/mol. The van der Waals surface area contributed by atoms with Gasteiger partial charge in [0.2, 0.25) is 11.8 Å². The van der Waals surface area contributed by atoms with E-state index in [1.165, 1.54) is 5.70 Å². The number of ether oxygens (including phenoxy) is 2. The highest BCUT2D eigenvalue weighted by atomic mass is 16.5. The Morgan fingerprint density at radius 1 is 1.10 bits per heavy atom. The second-order valence-corrected chi connectivity index (χ2v) is 12.3. The summed E-state index contributed by atoms with van der Waals surface area (Å²) in [6.45, 7) is 10.9. The zero-order valence-corrected chi connectivity index (χ0v) is 26.4. The molecule has 8 heteroatoms. The van der Waals surface area contributed by atoms with Gasteiger partial charge in [-0.05, 0) is 44.1 Å². The van der Waals surface area contributed by atoms with Gasteiger partial charge < -0.3 is 29.7 Å². The summed E-state index contributed by atoms with van der Waals surface area (Å²) in [6.07, 6.45) is 4.80. The second-order valence-electron chi connectivity index (χ2n) is 12.3. The number of likely N-dealkylation sites (N-methyl/N-ethyl adjacent to an activating group) is 1. The number of carbonyl (C=O) groups is 2. The van der Waals surface area contributed by atoms with Gasteiger partial charge in [-0.3, -0.25) is 9.59 Å². The molecule has 1 fully saturated rings. The first-order chi connectivity index (χ1) is 19.5. The number of carbonyl (C=O) groups excluding carboxylic acids is 2. The van der Waals surface area contributed by atoms with Crippen molar-refractivity contribution in [2.45, 2.75) is 103 Å². The molecule has 8 nitrogen and oxygen atoms in total. The maximum Gasteiger partial charge on any atom is 0.225 e. The Balaban J connectivity index is 1.67. The summed E-state index contributed by atoms with van der Waals surface area (Å²) in [5.41, 5.74) is 2.08. The number of aliphatic hydroxyl groups excluding tert-OH is 1. The molecular formula is C33H53N3O5. The van der Waals surface area contributed by atoms with Crippen LogP contribution in [0.5, 0.6) is 0 Å². The number of nitrogens with zero attached hydrogens (tertiary/aromatic N) is 2. The maximum atomic E-state index is 13.8. The van der Waals surface area contributed by atoms with Crippen molar-refractivity contribution in [1.82, 2.24) is 15.1 Å². The molecule has 2 aliphatic heterocycles. The Morgan fingerprint density at radius 2 is 1.78 bits per heavy atom. The molecule has 1 saturated heterocycles. The first kappa shape index (κ1) is 33.1. The van der Waals surface area contributed by atoms with E-state index in [0.717, 1.165) is 31.2 Å². The van der Waals surface area contributed by atoms with Gasteiger partial charge in [0.1, 0.15) is 0 Å². The molecule has 0 saturated carbocycles. The van der Waals surface area contributed by atoms with Crippen LogP contribution in [-0.2, 0) is 19.1 Å². The Labute approximate surface area is 247 Å². The van der Waals surface area contributed by atoms with Crippen molar-refractivity contribution in [1.29, 1.82) is 0 Å². The van der Waals surface area contributed by atoms with Crippen molar-refractivity contribution < 1.29 is 24.2 Å². The number of hydrogen-bond acceptors (Lipinski definition) is 6. The van der Waals surface area contributed by atoms with Crippen LogP contribution < -0.4 is 5.32 Å². The molecule has 3 rings (SSSR count). The molecule has 1 aromatic carbocycles. The summed E-state index contributed by atoms with van der Waals surface area (Å²) >= 11 is 0. The van der Waals surface area contributed by atoms with Crippen LogP contribution in [0.3, 0.4) is 0 Å². The SMILES string of the molecule is CC[C@@H]1C=C(CC(C)C)N(C)[C@@H]1[C@@H](CC(=O)N1CCC[C@H]1[C@H](OC)[C@@H](C)C(=O)N[C@H](C)[C@@H](O)c1ccccc1)OC. The standard InChI is InChI=1S/C33H53N3O5/c1-9-24-19-26(18-21(2)3)35(6)30(24)28(40-7)20-29(37)36-17-13-16-27(36)32(41-8)22(4)33(39)34-23(5)31(38)25-14-11-10-12-15-25/h10-12,14-15,19,21-24,27-28,30-32,38H,9,13,16-18,20H2,1-8H3,(H,34,39)/t22-,23-,24-,27+,28-,30+,31-,32-/m1/s1. The van der Waals surface area contributed by atoms with Gasteiger partial charge in [0.05, 0.1) is 48.8 Å². The number of rotatable bonds is 14. The van der Waals surface area contributed by atoms with E-state index in [1.807, 2.05) is 42.2 Å². The molecule has 2 N–H and O–H groups in total. The fourth-order valence-corrected chi connectivity index (χ4v) is 6.75. The number of amides is 2. The fourth-order valence-electron chi connectivity index (χ4n) is 6.75. The third-order valence-electron chi connectivity index (χ3n) is 9.06. The molecule has 230 valence electrons. The summed E-state index contributed by atoms with van der Waals surface area (Å²) in [5, 5.41) is 13.7.